The number of ketones is 1. The number of benzene rings is 2. The fraction of sp³-hybridized carbons (Fsp3) is 0.517. The summed E-state index contributed by atoms with van der Waals surface area (Å²) in [5, 5.41) is 16.6. The molecule has 196 valence electrons. The third kappa shape index (κ3) is 8.71. The Kier molecular flexibility index (Phi) is 10.9. The monoisotopic (exact) mass is 497 g/mol. The molecule has 1 aliphatic rings. The lowest BCUT2D eigenvalue weighted by Crippen LogP contribution is -2.50. The van der Waals surface area contributed by atoms with E-state index in [0.717, 1.165) is 63.6 Å². The van der Waals surface area contributed by atoms with Crippen molar-refractivity contribution in [1.29, 1.82) is 0 Å². The minimum atomic E-state index is -0.370. The molecular formula is C29H40FN3O3. The Morgan fingerprint density at radius 3 is 2.67 bits per heavy atom. The summed E-state index contributed by atoms with van der Waals surface area (Å²) in [7, 11) is 0. The topological polar surface area (TPSA) is 81.7 Å². The lowest BCUT2D eigenvalue weighted by Gasteiger charge is -2.42. The predicted octanol–water partition coefficient (Wildman–Crippen LogP) is 5.41. The molecule has 36 heavy (non-hydrogen) atoms. The first-order chi connectivity index (χ1) is 17.4. The first-order valence-corrected chi connectivity index (χ1v) is 13.2. The number of carbonyl (C=O) groups excluding carboxylic acids is 2. The number of halogens is 1. The lowest BCUT2D eigenvalue weighted by molar-refractivity contribution is 0.00357. The van der Waals surface area contributed by atoms with E-state index in [9.17, 15) is 19.1 Å². The fourth-order valence-electron chi connectivity index (χ4n) is 5.02. The minimum absolute atomic E-state index is 0.0452. The molecule has 3 rings (SSSR count). The van der Waals surface area contributed by atoms with Gasteiger partial charge in [0.05, 0.1) is 6.10 Å². The Labute approximate surface area is 214 Å². The molecule has 1 fully saturated rings. The number of hydrogen-bond acceptors (Lipinski definition) is 4. The summed E-state index contributed by atoms with van der Waals surface area (Å²) in [5.74, 6) is 0.201. The van der Waals surface area contributed by atoms with Gasteiger partial charge in [0, 0.05) is 30.4 Å². The summed E-state index contributed by atoms with van der Waals surface area (Å²) >= 11 is 0. The molecule has 0 aromatic heterocycles. The average Bonchev–Trinajstić information content (AvgIpc) is 2.87. The van der Waals surface area contributed by atoms with E-state index in [4.69, 9.17) is 0 Å². The number of rotatable bonds is 12. The molecular weight excluding hydrogens is 457 g/mol. The summed E-state index contributed by atoms with van der Waals surface area (Å²) in [5.41, 5.74) is 2.28. The van der Waals surface area contributed by atoms with Crippen molar-refractivity contribution in [3.63, 3.8) is 0 Å². The molecule has 0 radical (unpaired) electrons. The highest BCUT2D eigenvalue weighted by atomic mass is 19.1. The van der Waals surface area contributed by atoms with Gasteiger partial charge in [0.25, 0.3) is 0 Å². The lowest BCUT2D eigenvalue weighted by atomic mass is 9.83. The van der Waals surface area contributed by atoms with Crippen LogP contribution in [0.15, 0.2) is 48.5 Å². The second-order valence-electron chi connectivity index (χ2n) is 9.91. The van der Waals surface area contributed by atoms with Crippen LogP contribution in [0.2, 0.25) is 0 Å². The Balaban J connectivity index is 1.48. The number of aliphatic hydroxyl groups excluding tert-OH is 1. The van der Waals surface area contributed by atoms with Gasteiger partial charge in [-0.05, 0) is 81.3 Å². The SMILES string of the molecule is CCCC[C@H](O)[C@H]1C[C@@H](Cc2ccc(F)cc2)CCN1CCCNC(=O)Nc1cccc(C(C)=O)c1. The highest BCUT2D eigenvalue weighted by molar-refractivity contribution is 5.96. The zero-order valence-electron chi connectivity index (χ0n) is 21.5. The first-order valence-electron chi connectivity index (χ1n) is 13.2. The Morgan fingerprint density at radius 2 is 1.94 bits per heavy atom. The summed E-state index contributed by atoms with van der Waals surface area (Å²) in [4.78, 5) is 26.2. The van der Waals surface area contributed by atoms with Crippen molar-refractivity contribution in [2.75, 3.05) is 25.0 Å². The number of Topliss-reactive ketones (excluding diaryl/α,β-unsaturated/α-hetero) is 1. The number of unbranched alkanes of at least 4 members (excludes halogenated alkanes) is 1. The molecule has 0 spiro atoms. The molecule has 0 saturated carbocycles. The van der Waals surface area contributed by atoms with Gasteiger partial charge in [0.2, 0.25) is 0 Å². The van der Waals surface area contributed by atoms with Crippen LogP contribution in [-0.4, -0.2) is 53.6 Å². The first kappa shape index (κ1) is 27.8. The normalized spacial score (nSPS) is 19.0. The predicted molar refractivity (Wildman–Crippen MR) is 142 cm³/mol. The van der Waals surface area contributed by atoms with E-state index in [1.165, 1.54) is 19.1 Å². The van der Waals surface area contributed by atoms with Gasteiger partial charge in [-0.3, -0.25) is 9.69 Å². The van der Waals surface area contributed by atoms with Crippen molar-refractivity contribution in [3.8, 4) is 0 Å². The number of amides is 2. The number of nitrogens with zero attached hydrogens (tertiary/aromatic N) is 1. The largest absolute Gasteiger partial charge is 0.391 e. The Bertz CT molecular complexity index is 982. The van der Waals surface area contributed by atoms with Gasteiger partial charge < -0.3 is 15.7 Å². The van der Waals surface area contributed by atoms with Gasteiger partial charge in [-0.15, -0.1) is 0 Å². The van der Waals surface area contributed by atoms with Gasteiger partial charge in [0.15, 0.2) is 5.78 Å². The second kappa shape index (κ2) is 14.1. The van der Waals surface area contributed by atoms with Crippen molar-refractivity contribution in [2.45, 2.75) is 70.9 Å². The Hall–Kier alpha value is -2.77. The molecule has 1 heterocycles. The van der Waals surface area contributed by atoms with E-state index in [0.29, 0.717) is 23.7 Å². The summed E-state index contributed by atoms with van der Waals surface area (Å²) in [6.07, 6.45) is 6.11. The van der Waals surface area contributed by atoms with Gasteiger partial charge in [0.1, 0.15) is 5.82 Å². The van der Waals surface area contributed by atoms with Crippen molar-refractivity contribution in [3.05, 3.63) is 65.5 Å². The minimum Gasteiger partial charge on any atom is -0.391 e. The maximum Gasteiger partial charge on any atom is 0.319 e. The smallest absolute Gasteiger partial charge is 0.319 e. The fourth-order valence-corrected chi connectivity index (χ4v) is 5.02. The number of anilines is 1. The number of carbonyl (C=O) groups is 2. The van der Waals surface area contributed by atoms with E-state index >= 15 is 0 Å². The molecule has 0 aliphatic carbocycles. The quantitative estimate of drug-likeness (QED) is 0.270. The maximum atomic E-state index is 13.3. The molecule has 6 nitrogen and oxygen atoms in total. The Morgan fingerprint density at radius 1 is 1.17 bits per heavy atom. The number of urea groups is 1. The summed E-state index contributed by atoms with van der Waals surface area (Å²) in [6.45, 7) is 5.86. The van der Waals surface area contributed by atoms with Crippen molar-refractivity contribution in [1.82, 2.24) is 10.2 Å². The summed E-state index contributed by atoms with van der Waals surface area (Å²) in [6, 6.07) is 13.4. The molecule has 3 atom stereocenters. The maximum absolute atomic E-state index is 13.3. The van der Waals surface area contributed by atoms with Gasteiger partial charge >= 0.3 is 6.03 Å². The van der Waals surface area contributed by atoms with Crippen LogP contribution in [0.25, 0.3) is 0 Å². The van der Waals surface area contributed by atoms with Crippen LogP contribution in [-0.2, 0) is 6.42 Å². The third-order valence-corrected chi connectivity index (χ3v) is 7.04. The average molecular weight is 498 g/mol. The molecule has 2 amide bonds. The van der Waals surface area contributed by atoms with Crippen LogP contribution in [0.4, 0.5) is 14.9 Å². The van der Waals surface area contributed by atoms with Gasteiger partial charge in [-0.2, -0.15) is 0 Å². The van der Waals surface area contributed by atoms with Crippen molar-refractivity contribution >= 4 is 17.5 Å². The number of likely N-dealkylation sites (tertiary alicyclic amines) is 1. The van der Waals surface area contributed by atoms with E-state index in [2.05, 4.69) is 22.5 Å². The standard InChI is InChI=1S/C29H40FN3O3/c1-3-4-9-28(35)27-19-23(18-22-10-12-25(30)13-11-22)14-17-33(27)16-6-15-31-29(36)32-26-8-5-7-24(20-26)21(2)34/h5,7-8,10-13,20,23,27-28,35H,3-4,6,9,14-19H2,1-2H3,(H2,31,32,36)/t23-,27-,28+/m1/s1. The number of aliphatic hydroxyl groups is 1. The molecule has 2 aromatic rings. The highest BCUT2D eigenvalue weighted by Gasteiger charge is 2.32. The molecule has 2 aromatic carbocycles. The highest BCUT2D eigenvalue weighted by Crippen LogP contribution is 2.29. The number of piperidine rings is 1. The van der Waals surface area contributed by atoms with Crippen molar-refractivity contribution < 1.29 is 19.1 Å². The molecule has 1 saturated heterocycles. The van der Waals surface area contributed by atoms with Crippen LogP contribution in [0.5, 0.6) is 0 Å². The number of nitrogens with one attached hydrogen (secondary N) is 2. The van der Waals surface area contributed by atoms with Gasteiger partial charge in [-0.25, -0.2) is 9.18 Å². The third-order valence-electron chi connectivity index (χ3n) is 7.04. The molecule has 3 N–H and O–H groups in total. The van der Waals surface area contributed by atoms with Crippen LogP contribution in [0.3, 0.4) is 0 Å². The van der Waals surface area contributed by atoms with Crippen LogP contribution >= 0.6 is 0 Å². The number of hydrogen-bond donors (Lipinski definition) is 3. The van der Waals surface area contributed by atoms with Crippen LogP contribution < -0.4 is 10.6 Å². The van der Waals surface area contributed by atoms with Gasteiger partial charge in [-0.1, -0.05) is 44.0 Å². The molecule has 7 heteroatoms. The van der Waals surface area contributed by atoms with E-state index < -0.39 is 0 Å². The van der Waals surface area contributed by atoms with E-state index in [-0.39, 0.29) is 29.8 Å². The molecule has 0 bridgehead atoms. The summed E-state index contributed by atoms with van der Waals surface area (Å²) < 4.78 is 13.3. The van der Waals surface area contributed by atoms with Crippen molar-refractivity contribution in [2.24, 2.45) is 5.92 Å². The molecule has 0 unspecified atom stereocenters. The molecule has 1 aliphatic heterocycles. The van der Waals surface area contributed by atoms with E-state index in [1.54, 1.807) is 24.3 Å². The second-order valence-corrected chi connectivity index (χ2v) is 9.91. The van der Waals surface area contributed by atoms with Crippen LogP contribution in [0, 0.1) is 11.7 Å². The zero-order valence-corrected chi connectivity index (χ0v) is 21.5. The van der Waals surface area contributed by atoms with Crippen LogP contribution in [0.1, 0.15) is 68.3 Å². The zero-order chi connectivity index (χ0) is 25.9. The van der Waals surface area contributed by atoms with E-state index in [1.807, 2.05) is 12.1 Å².